The number of hydrogen-bond donors (Lipinski definition) is 1. The molecule has 3 nitrogen and oxygen atoms in total. The molecule has 1 unspecified atom stereocenters. The number of halogens is 1. The van der Waals surface area contributed by atoms with Crippen molar-refractivity contribution < 1.29 is 8.42 Å². The molecule has 102 valence electrons. The fraction of sp³-hybridized carbons (Fsp3) is 0.231. The van der Waals surface area contributed by atoms with Crippen LogP contribution in [0.15, 0.2) is 40.6 Å². The molecule has 0 fully saturated rings. The van der Waals surface area contributed by atoms with Gasteiger partial charge in [-0.1, -0.05) is 34.1 Å². The lowest BCUT2D eigenvalue weighted by Gasteiger charge is -2.13. The van der Waals surface area contributed by atoms with Crippen LogP contribution in [0, 0.1) is 6.92 Å². The van der Waals surface area contributed by atoms with E-state index in [4.69, 9.17) is 0 Å². The van der Waals surface area contributed by atoms with E-state index in [0.29, 0.717) is 9.90 Å². The molecule has 19 heavy (non-hydrogen) atoms. The molecule has 2 rings (SSSR count). The van der Waals surface area contributed by atoms with Crippen molar-refractivity contribution in [3.05, 3.63) is 46.8 Å². The lowest BCUT2D eigenvalue weighted by molar-refractivity contribution is 0.603. The number of rotatable bonds is 4. The van der Waals surface area contributed by atoms with Crippen LogP contribution >= 0.6 is 27.3 Å². The lowest BCUT2D eigenvalue weighted by Crippen LogP contribution is -2.13. The van der Waals surface area contributed by atoms with Gasteiger partial charge in [-0.05, 0) is 37.6 Å². The molecular weight excluding hydrogens is 346 g/mol. The fourth-order valence-electron chi connectivity index (χ4n) is 1.69. The summed E-state index contributed by atoms with van der Waals surface area (Å²) in [6.45, 7) is 3.85. The zero-order valence-corrected chi connectivity index (χ0v) is 13.8. The Kier molecular flexibility index (Phi) is 4.32. The van der Waals surface area contributed by atoms with Crippen LogP contribution in [0.4, 0.5) is 5.69 Å². The number of alkyl halides is 1. The standard InChI is InChI=1S/C13H14BrNO2S2/c1-9-7-8-13(18-9)19(16,17)15-12-6-4-3-5-11(12)10(2)14/h3-8,10,15H,1-2H3. The van der Waals surface area contributed by atoms with E-state index in [9.17, 15) is 8.42 Å². The summed E-state index contributed by atoms with van der Waals surface area (Å²) in [6.07, 6.45) is 0. The molecule has 1 aromatic carbocycles. The van der Waals surface area contributed by atoms with E-state index in [0.717, 1.165) is 10.4 Å². The maximum atomic E-state index is 12.3. The van der Waals surface area contributed by atoms with Crippen LogP contribution < -0.4 is 4.72 Å². The van der Waals surface area contributed by atoms with E-state index in [1.165, 1.54) is 11.3 Å². The summed E-state index contributed by atoms with van der Waals surface area (Å²) in [7, 11) is -3.50. The van der Waals surface area contributed by atoms with Crippen LogP contribution in [0.25, 0.3) is 0 Å². The molecule has 0 saturated heterocycles. The first kappa shape index (κ1) is 14.6. The number of para-hydroxylation sites is 1. The predicted octanol–water partition coefficient (Wildman–Crippen LogP) is 4.31. The van der Waals surface area contributed by atoms with Crippen LogP contribution in [0.3, 0.4) is 0 Å². The second-order valence-electron chi connectivity index (χ2n) is 4.17. The molecule has 0 saturated carbocycles. The van der Waals surface area contributed by atoms with Crippen molar-refractivity contribution in [2.24, 2.45) is 0 Å². The topological polar surface area (TPSA) is 46.2 Å². The van der Waals surface area contributed by atoms with Crippen molar-refractivity contribution in [1.29, 1.82) is 0 Å². The first-order chi connectivity index (χ1) is 8.90. The predicted molar refractivity (Wildman–Crippen MR) is 83.6 cm³/mol. The average molecular weight is 360 g/mol. The zero-order valence-electron chi connectivity index (χ0n) is 10.6. The van der Waals surface area contributed by atoms with E-state index in [-0.39, 0.29) is 4.83 Å². The molecule has 1 N–H and O–H groups in total. The minimum Gasteiger partial charge on any atom is -0.279 e. The van der Waals surface area contributed by atoms with Gasteiger partial charge in [0.1, 0.15) is 4.21 Å². The quantitative estimate of drug-likeness (QED) is 0.826. The number of anilines is 1. The number of thiophene rings is 1. The Hall–Kier alpha value is -0.850. The highest BCUT2D eigenvalue weighted by Gasteiger charge is 2.18. The molecule has 0 aliphatic carbocycles. The SMILES string of the molecule is Cc1ccc(S(=O)(=O)Nc2ccccc2C(C)Br)s1. The van der Waals surface area contributed by atoms with Gasteiger partial charge in [0, 0.05) is 9.70 Å². The third kappa shape index (κ3) is 3.38. The molecule has 1 heterocycles. The monoisotopic (exact) mass is 359 g/mol. The molecule has 0 aliphatic rings. The van der Waals surface area contributed by atoms with Crippen LogP contribution in [-0.2, 0) is 10.0 Å². The molecule has 0 radical (unpaired) electrons. The van der Waals surface area contributed by atoms with E-state index < -0.39 is 10.0 Å². The summed E-state index contributed by atoms with van der Waals surface area (Å²) in [6, 6.07) is 10.8. The van der Waals surface area contributed by atoms with Gasteiger partial charge in [-0.2, -0.15) is 0 Å². The molecule has 6 heteroatoms. The normalized spacial score (nSPS) is 13.2. The van der Waals surface area contributed by atoms with Crippen molar-refractivity contribution >= 4 is 43.0 Å². The van der Waals surface area contributed by atoms with Gasteiger partial charge in [-0.15, -0.1) is 11.3 Å². The second kappa shape index (κ2) is 5.64. The van der Waals surface area contributed by atoms with Crippen molar-refractivity contribution in [1.82, 2.24) is 0 Å². The van der Waals surface area contributed by atoms with Crippen molar-refractivity contribution in [3.8, 4) is 0 Å². The smallest absolute Gasteiger partial charge is 0.271 e. The maximum absolute atomic E-state index is 12.3. The summed E-state index contributed by atoms with van der Waals surface area (Å²) in [5.41, 5.74) is 1.53. The molecule has 1 aromatic heterocycles. The molecule has 0 bridgehead atoms. The lowest BCUT2D eigenvalue weighted by atomic mass is 10.1. The molecule has 0 aliphatic heterocycles. The summed E-state index contributed by atoms with van der Waals surface area (Å²) in [4.78, 5) is 1.05. The van der Waals surface area contributed by atoms with Gasteiger partial charge in [-0.3, -0.25) is 4.72 Å². The van der Waals surface area contributed by atoms with E-state index in [1.807, 2.05) is 32.0 Å². The van der Waals surface area contributed by atoms with Gasteiger partial charge in [0.2, 0.25) is 0 Å². The second-order valence-corrected chi connectivity index (χ2v) is 8.74. The number of benzene rings is 1. The zero-order chi connectivity index (χ0) is 14.0. The Morgan fingerprint density at radius 2 is 1.89 bits per heavy atom. The Balaban J connectivity index is 2.36. The van der Waals surface area contributed by atoms with Crippen LogP contribution in [0.5, 0.6) is 0 Å². The summed E-state index contributed by atoms with van der Waals surface area (Å²) in [5.74, 6) is 0. The number of sulfonamides is 1. The molecule has 2 aromatic rings. The van der Waals surface area contributed by atoms with Crippen molar-refractivity contribution in [2.75, 3.05) is 4.72 Å². The number of aryl methyl sites for hydroxylation is 1. The van der Waals surface area contributed by atoms with E-state index in [2.05, 4.69) is 20.7 Å². The minimum atomic E-state index is -3.50. The van der Waals surface area contributed by atoms with Gasteiger partial charge >= 0.3 is 0 Å². The fourth-order valence-corrected chi connectivity index (χ4v) is 4.46. The Labute approximate surface area is 125 Å². The Bertz CT molecular complexity index is 677. The van der Waals surface area contributed by atoms with E-state index >= 15 is 0 Å². The molecule has 1 atom stereocenters. The number of hydrogen-bond acceptors (Lipinski definition) is 3. The van der Waals surface area contributed by atoms with Crippen LogP contribution in [0.1, 0.15) is 22.2 Å². The van der Waals surface area contributed by atoms with Gasteiger partial charge in [0.05, 0.1) is 5.69 Å². The third-order valence-electron chi connectivity index (χ3n) is 2.61. The summed E-state index contributed by atoms with van der Waals surface area (Å²) < 4.78 is 27.5. The summed E-state index contributed by atoms with van der Waals surface area (Å²) >= 11 is 4.74. The Morgan fingerprint density at radius 1 is 1.21 bits per heavy atom. The molecule has 0 spiro atoms. The molecular formula is C13H14BrNO2S2. The van der Waals surface area contributed by atoms with Crippen LogP contribution in [-0.4, -0.2) is 8.42 Å². The van der Waals surface area contributed by atoms with Crippen molar-refractivity contribution in [2.45, 2.75) is 22.9 Å². The first-order valence-electron chi connectivity index (χ1n) is 5.72. The highest BCUT2D eigenvalue weighted by atomic mass is 79.9. The van der Waals surface area contributed by atoms with Gasteiger partial charge in [0.15, 0.2) is 0 Å². The Morgan fingerprint density at radius 3 is 2.47 bits per heavy atom. The third-order valence-corrected chi connectivity index (χ3v) is 5.97. The summed E-state index contributed by atoms with van der Waals surface area (Å²) in [5, 5.41) is 0. The van der Waals surface area contributed by atoms with Gasteiger partial charge in [-0.25, -0.2) is 8.42 Å². The van der Waals surface area contributed by atoms with Gasteiger partial charge in [0.25, 0.3) is 10.0 Å². The highest BCUT2D eigenvalue weighted by Crippen LogP contribution is 2.31. The highest BCUT2D eigenvalue weighted by molar-refractivity contribution is 9.09. The van der Waals surface area contributed by atoms with Crippen LogP contribution in [0.2, 0.25) is 0 Å². The number of nitrogens with one attached hydrogen (secondary N) is 1. The molecule has 0 amide bonds. The van der Waals surface area contributed by atoms with E-state index in [1.54, 1.807) is 18.2 Å². The average Bonchev–Trinajstić information content (AvgIpc) is 2.76. The van der Waals surface area contributed by atoms with Crippen molar-refractivity contribution in [3.63, 3.8) is 0 Å². The van der Waals surface area contributed by atoms with Gasteiger partial charge < -0.3 is 0 Å². The largest absolute Gasteiger partial charge is 0.279 e. The first-order valence-corrected chi connectivity index (χ1v) is 8.94. The minimum absolute atomic E-state index is 0.0801. The maximum Gasteiger partial charge on any atom is 0.271 e.